The van der Waals surface area contributed by atoms with Gasteiger partial charge in [-0.2, -0.15) is 5.26 Å². The summed E-state index contributed by atoms with van der Waals surface area (Å²) in [6.07, 6.45) is 1.72. The van der Waals surface area contributed by atoms with Gasteiger partial charge >= 0.3 is 6.09 Å². The number of fused-ring (bicyclic) bond motifs is 1. The molecule has 268 valence electrons. The number of ether oxygens (including phenoxy) is 1. The predicted molar refractivity (Wildman–Crippen MR) is 206 cm³/mol. The first-order valence-electron chi connectivity index (χ1n) is 16.8. The van der Waals surface area contributed by atoms with Gasteiger partial charge in [0.25, 0.3) is 11.8 Å². The summed E-state index contributed by atoms with van der Waals surface area (Å²) in [5.41, 5.74) is 3.54. The number of anilines is 2. The Balaban J connectivity index is 1.24. The van der Waals surface area contributed by atoms with E-state index in [0.717, 1.165) is 26.5 Å². The minimum absolute atomic E-state index is 0.0551. The second kappa shape index (κ2) is 16.8. The van der Waals surface area contributed by atoms with Gasteiger partial charge in [0.15, 0.2) is 0 Å². The Morgan fingerprint density at radius 2 is 1.73 bits per heavy atom. The van der Waals surface area contributed by atoms with Crippen LogP contribution in [0.2, 0.25) is 0 Å². The van der Waals surface area contributed by atoms with Crippen LogP contribution in [0.15, 0.2) is 89.5 Å². The lowest BCUT2D eigenvalue weighted by atomic mass is 10.0. The van der Waals surface area contributed by atoms with Crippen molar-refractivity contribution in [2.24, 2.45) is 0 Å². The highest BCUT2D eigenvalue weighted by Crippen LogP contribution is 2.37. The molecule has 0 atom stereocenters. The maximum atomic E-state index is 13.6. The van der Waals surface area contributed by atoms with Gasteiger partial charge in [-0.25, -0.2) is 4.79 Å². The van der Waals surface area contributed by atoms with Crippen LogP contribution >= 0.6 is 23.1 Å². The number of thiophene rings is 1. The summed E-state index contributed by atoms with van der Waals surface area (Å²) in [6, 6.07) is 25.8. The molecule has 1 aromatic heterocycles. The van der Waals surface area contributed by atoms with Gasteiger partial charge in [0.2, 0.25) is 5.91 Å². The second-order valence-electron chi connectivity index (χ2n) is 13.5. The fourth-order valence-corrected chi connectivity index (χ4v) is 7.34. The number of carbonyl (C=O) groups is 4. The number of nitriles is 1. The first-order valence-corrected chi connectivity index (χ1v) is 18.6. The zero-order valence-electron chi connectivity index (χ0n) is 29.7. The van der Waals surface area contributed by atoms with Crippen LogP contribution < -0.4 is 16.0 Å². The molecule has 5 rings (SSSR count). The fourth-order valence-electron chi connectivity index (χ4n) is 5.35. The summed E-state index contributed by atoms with van der Waals surface area (Å²) in [4.78, 5) is 55.5. The number of nitrogens with zero attached hydrogens (tertiary/aromatic N) is 2. The monoisotopic (exact) mass is 735 g/mol. The molecule has 0 spiro atoms. The minimum atomic E-state index is -0.618. The average Bonchev–Trinajstić information content (AvgIpc) is 3.46. The number of benzene rings is 3. The van der Waals surface area contributed by atoms with E-state index >= 15 is 0 Å². The third-order valence-electron chi connectivity index (χ3n) is 7.98. The number of hydrogen-bond donors (Lipinski definition) is 3. The highest BCUT2D eigenvalue weighted by Gasteiger charge is 2.30. The summed E-state index contributed by atoms with van der Waals surface area (Å²) in [5, 5.41) is 18.9. The van der Waals surface area contributed by atoms with Crippen molar-refractivity contribution in [3.63, 3.8) is 0 Å². The van der Waals surface area contributed by atoms with Crippen molar-refractivity contribution >= 4 is 63.7 Å². The number of carbonyl (C=O) groups excluding carboxylic acids is 4. The zero-order chi connectivity index (χ0) is 37.4. The number of rotatable bonds is 10. The molecule has 0 unspecified atom stereocenters. The number of amides is 4. The molecule has 2 heterocycles. The van der Waals surface area contributed by atoms with Crippen LogP contribution in [0.3, 0.4) is 0 Å². The van der Waals surface area contributed by atoms with Crippen molar-refractivity contribution in [1.82, 2.24) is 10.2 Å². The molecule has 3 N–H and O–H groups in total. The second-order valence-corrected chi connectivity index (χ2v) is 15.6. The van der Waals surface area contributed by atoms with E-state index in [0.29, 0.717) is 47.2 Å². The molecule has 0 radical (unpaired) electrons. The summed E-state index contributed by atoms with van der Waals surface area (Å²) < 4.78 is 5.51. The molecule has 4 aromatic rings. The van der Waals surface area contributed by atoms with Crippen molar-refractivity contribution < 1.29 is 23.9 Å². The van der Waals surface area contributed by atoms with Gasteiger partial charge in [-0.3, -0.25) is 14.4 Å². The molecule has 0 bridgehead atoms. The molecular weight excluding hydrogens is 695 g/mol. The molecule has 4 amide bonds. The summed E-state index contributed by atoms with van der Waals surface area (Å²) in [7, 11) is 0. The van der Waals surface area contributed by atoms with Crippen molar-refractivity contribution in [2.75, 3.05) is 22.9 Å². The number of thioether (sulfide) groups is 1. The first-order chi connectivity index (χ1) is 24.8. The van der Waals surface area contributed by atoms with Crippen LogP contribution in [0, 0.1) is 11.3 Å². The Morgan fingerprint density at radius 1 is 1.00 bits per heavy atom. The molecule has 52 heavy (non-hydrogen) atoms. The highest BCUT2D eigenvalue weighted by atomic mass is 32.2. The molecule has 10 nitrogen and oxygen atoms in total. The predicted octanol–water partition coefficient (Wildman–Crippen LogP) is 8.18. The maximum Gasteiger partial charge on any atom is 0.410 e. The van der Waals surface area contributed by atoms with Crippen molar-refractivity contribution in [1.29, 1.82) is 5.26 Å². The summed E-state index contributed by atoms with van der Waals surface area (Å²) >= 11 is 2.57. The Labute approximate surface area is 312 Å². The molecule has 0 aliphatic carbocycles. The van der Waals surface area contributed by atoms with Crippen LogP contribution in [-0.2, 0) is 27.3 Å². The number of hydrogen-bond acceptors (Lipinski definition) is 8. The van der Waals surface area contributed by atoms with Crippen LogP contribution in [-0.4, -0.2) is 46.6 Å². The van der Waals surface area contributed by atoms with Gasteiger partial charge in [0, 0.05) is 27.6 Å². The zero-order valence-corrected chi connectivity index (χ0v) is 31.4. The van der Waals surface area contributed by atoms with Gasteiger partial charge in [0.1, 0.15) is 22.4 Å². The quantitative estimate of drug-likeness (QED) is 0.110. The Kier molecular flexibility index (Phi) is 12.2. The van der Waals surface area contributed by atoms with E-state index < -0.39 is 23.5 Å². The Bertz CT molecular complexity index is 2030. The van der Waals surface area contributed by atoms with E-state index in [1.807, 2.05) is 57.2 Å². The van der Waals surface area contributed by atoms with Crippen LogP contribution in [0.4, 0.5) is 15.5 Å². The molecule has 1 aliphatic heterocycles. The molecular formula is C40H41N5O5S2. The van der Waals surface area contributed by atoms with E-state index in [1.54, 1.807) is 53.4 Å². The lowest BCUT2D eigenvalue weighted by Gasteiger charge is -2.29. The smallest absolute Gasteiger partial charge is 0.410 e. The minimum Gasteiger partial charge on any atom is -0.444 e. The Hall–Kier alpha value is -5.38. The average molecular weight is 736 g/mol. The lowest BCUT2D eigenvalue weighted by Crippen LogP contribution is -2.39. The first kappa shape index (κ1) is 37.9. The molecule has 0 fully saturated rings. The SMILES string of the molecule is CC(C)c1ccc(/C=C(/NC(=O)c2ccccc2)C(=O)Nc2cccc(SCC(=O)Nc3sc4c(c3C#N)CCN(C(=O)OC(C)(C)C)C4)c2)cc1. The molecule has 0 saturated carbocycles. The lowest BCUT2D eigenvalue weighted by molar-refractivity contribution is -0.114. The van der Waals surface area contributed by atoms with Gasteiger partial charge in [-0.15, -0.1) is 23.1 Å². The van der Waals surface area contributed by atoms with E-state index in [-0.39, 0.29) is 17.4 Å². The summed E-state index contributed by atoms with van der Waals surface area (Å²) in [6.45, 7) is 10.4. The van der Waals surface area contributed by atoms with E-state index in [9.17, 15) is 24.4 Å². The van der Waals surface area contributed by atoms with Gasteiger partial charge in [-0.1, -0.05) is 62.4 Å². The van der Waals surface area contributed by atoms with Crippen LogP contribution in [0.25, 0.3) is 6.08 Å². The van der Waals surface area contributed by atoms with Crippen molar-refractivity contribution in [3.8, 4) is 6.07 Å². The fraction of sp³-hybridized carbons (Fsp3) is 0.275. The van der Waals surface area contributed by atoms with E-state index in [1.165, 1.54) is 23.1 Å². The van der Waals surface area contributed by atoms with Crippen LogP contribution in [0.1, 0.15) is 78.0 Å². The normalized spacial score (nSPS) is 12.8. The molecule has 12 heteroatoms. The Morgan fingerprint density at radius 3 is 2.40 bits per heavy atom. The molecule has 0 saturated heterocycles. The van der Waals surface area contributed by atoms with Crippen LogP contribution in [0.5, 0.6) is 0 Å². The third kappa shape index (κ3) is 10.1. The highest BCUT2D eigenvalue weighted by molar-refractivity contribution is 8.00. The van der Waals surface area contributed by atoms with Crippen molar-refractivity contribution in [3.05, 3.63) is 117 Å². The van der Waals surface area contributed by atoms with Gasteiger partial charge < -0.3 is 25.6 Å². The standard InChI is InChI=1S/C40H41N5O5S2/c1-25(2)27-16-14-26(15-17-27)20-33(43-36(47)28-10-7-6-8-11-28)37(48)42-29-12-9-13-30(21-29)51-24-35(46)44-38-32(22-41)31-18-19-45(23-34(31)52-38)39(49)50-40(3,4)5/h6-17,20-21,25H,18-19,23-24H2,1-5H3,(H,42,48)(H,43,47)(H,44,46)/b33-20+. The molecule has 3 aromatic carbocycles. The maximum absolute atomic E-state index is 13.6. The van der Waals surface area contributed by atoms with Gasteiger partial charge in [-0.05, 0) is 86.2 Å². The number of nitrogens with one attached hydrogen (secondary N) is 3. The van der Waals surface area contributed by atoms with Gasteiger partial charge in [0.05, 0.1) is 17.9 Å². The van der Waals surface area contributed by atoms with Crippen molar-refractivity contribution in [2.45, 2.75) is 64.0 Å². The largest absolute Gasteiger partial charge is 0.444 e. The van der Waals surface area contributed by atoms with E-state index in [2.05, 4.69) is 35.9 Å². The third-order valence-corrected chi connectivity index (χ3v) is 10.1. The van der Waals surface area contributed by atoms with E-state index in [4.69, 9.17) is 4.74 Å². The summed E-state index contributed by atoms with van der Waals surface area (Å²) in [5.74, 6) is -0.810. The molecule has 1 aliphatic rings. The topological polar surface area (TPSA) is 141 Å².